The zero-order valence-corrected chi connectivity index (χ0v) is 21.5. The molecule has 0 saturated carbocycles. The third-order valence-corrected chi connectivity index (χ3v) is 9.24. The lowest BCUT2D eigenvalue weighted by molar-refractivity contribution is 0.0169. The number of amides is 1. The summed E-state index contributed by atoms with van der Waals surface area (Å²) in [6, 6.07) is 9.69. The third-order valence-electron chi connectivity index (χ3n) is 6.22. The number of rotatable bonds is 9. The molecule has 1 aromatic carbocycles. The fraction of sp³-hybridized carbons (Fsp3) is 0.417. The van der Waals surface area contributed by atoms with Gasteiger partial charge in [-0.1, -0.05) is 19.9 Å². The van der Waals surface area contributed by atoms with Gasteiger partial charge in [-0.2, -0.15) is 4.31 Å². The van der Waals surface area contributed by atoms with Crippen LogP contribution in [-0.2, 0) is 14.8 Å². The van der Waals surface area contributed by atoms with Crippen LogP contribution >= 0.6 is 11.3 Å². The van der Waals surface area contributed by atoms with Gasteiger partial charge in [-0.05, 0) is 29.6 Å². The highest BCUT2D eigenvalue weighted by Gasteiger charge is 2.26. The number of aromatic nitrogens is 1. The number of sulfonamides is 1. The molecule has 0 bridgehead atoms. The van der Waals surface area contributed by atoms with E-state index in [0.717, 1.165) is 18.0 Å². The van der Waals surface area contributed by atoms with Crippen LogP contribution in [0.15, 0.2) is 51.5 Å². The summed E-state index contributed by atoms with van der Waals surface area (Å²) in [6.07, 6.45) is 0. The molecular formula is C24H30N4O5S2. The number of pyridine rings is 1. The summed E-state index contributed by atoms with van der Waals surface area (Å²) >= 11 is 1.63. The van der Waals surface area contributed by atoms with E-state index in [9.17, 15) is 18.0 Å². The predicted molar refractivity (Wildman–Crippen MR) is 136 cm³/mol. The van der Waals surface area contributed by atoms with Gasteiger partial charge in [0.05, 0.1) is 29.7 Å². The van der Waals surface area contributed by atoms with Crippen molar-refractivity contribution in [1.82, 2.24) is 19.5 Å². The van der Waals surface area contributed by atoms with Crippen molar-refractivity contribution in [1.29, 1.82) is 0 Å². The molecule has 2 aromatic heterocycles. The van der Waals surface area contributed by atoms with Crippen LogP contribution in [-0.4, -0.2) is 74.5 Å². The number of hydrogen-bond acceptors (Lipinski definition) is 7. The van der Waals surface area contributed by atoms with Gasteiger partial charge in [-0.25, -0.2) is 8.42 Å². The van der Waals surface area contributed by atoms with Gasteiger partial charge in [0, 0.05) is 54.6 Å². The number of aromatic amines is 1. The molecule has 35 heavy (non-hydrogen) atoms. The molecule has 4 rings (SSSR count). The van der Waals surface area contributed by atoms with Gasteiger partial charge in [0.15, 0.2) is 0 Å². The minimum Gasteiger partial charge on any atom is -0.379 e. The number of carbonyl (C=O) groups excluding carboxylic acids is 1. The van der Waals surface area contributed by atoms with Crippen LogP contribution in [0.2, 0.25) is 0 Å². The fourth-order valence-corrected chi connectivity index (χ4v) is 6.70. The molecule has 0 unspecified atom stereocenters. The Bertz CT molecular complexity index is 1330. The van der Waals surface area contributed by atoms with Crippen molar-refractivity contribution in [2.24, 2.45) is 0 Å². The molecule has 1 amide bonds. The molecule has 188 valence electrons. The lowest BCUT2D eigenvalue weighted by atomic mass is 10.1. The van der Waals surface area contributed by atoms with Gasteiger partial charge >= 0.3 is 0 Å². The lowest BCUT2D eigenvalue weighted by Gasteiger charge is -2.34. The maximum absolute atomic E-state index is 13.3. The van der Waals surface area contributed by atoms with Crippen LogP contribution < -0.4 is 10.9 Å². The minimum absolute atomic E-state index is 0.0188. The number of nitrogens with one attached hydrogen (secondary N) is 2. The average Bonchev–Trinajstić information content (AvgIpc) is 3.39. The lowest BCUT2D eigenvalue weighted by Crippen LogP contribution is -2.43. The third kappa shape index (κ3) is 5.49. The number of hydrogen-bond donors (Lipinski definition) is 2. The van der Waals surface area contributed by atoms with Gasteiger partial charge in [0.1, 0.15) is 0 Å². The number of nitrogens with zero attached hydrogens (tertiary/aromatic N) is 2. The Hall–Kier alpha value is -2.57. The summed E-state index contributed by atoms with van der Waals surface area (Å²) in [5.74, 6) is -0.423. The molecule has 1 aliphatic rings. The first-order valence-corrected chi connectivity index (χ1v) is 14.0. The summed E-state index contributed by atoms with van der Waals surface area (Å²) in [7, 11) is -3.72. The van der Waals surface area contributed by atoms with Crippen LogP contribution in [0.5, 0.6) is 0 Å². The van der Waals surface area contributed by atoms with Crippen LogP contribution in [0.1, 0.15) is 35.1 Å². The maximum atomic E-state index is 13.3. The Kier molecular flexibility index (Phi) is 8.02. The molecular weight excluding hydrogens is 488 g/mol. The first kappa shape index (κ1) is 25.5. The van der Waals surface area contributed by atoms with Gasteiger partial charge in [-0.15, -0.1) is 11.3 Å². The largest absolute Gasteiger partial charge is 0.379 e. The minimum atomic E-state index is -3.72. The van der Waals surface area contributed by atoms with E-state index in [1.54, 1.807) is 25.2 Å². The van der Waals surface area contributed by atoms with Gasteiger partial charge in [-0.3, -0.25) is 14.5 Å². The van der Waals surface area contributed by atoms with Crippen LogP contribution in [0.4, 0.5) is 0 Å². The van der Waals surface area contributed by atoms with Crippen molar-refractivity contribution in [2.75, 3.05) is 45.9 Å². The quantitative estimate of drug-likeness (QED) is 0.450. The number of benzene rings is 1. The highest BCUT2D eigenvalue weighted by molar-refractivity contribution is 7.89. The molecule has 0 spiro atoms. The van der Waals surface area contributed by atoms with Crippen molar-refractivity contribution in [3.63, 3.8) is 0 Å². The fourth-order valence-electron chi connectivity index (χ4n) is 4.36. The number of fused-ring (bicyclic) bond motifs is 1. The van der Waals surface area contributed by atoms with Crippen molar-refractivity contribution in [2.45, 2.75) is 24.8 Å². The molecule has 3 aromatic rings. The second kappa shape index (κ2) is 11.0. The Morgan fingerprint density at radius 3 is 2.60 bits per heavy atom. The highest BCUT2D eigenvalue weighted by atomic mass is 32.2. The Balaban J connectivity index is 1.65. The number of morpholine rings is 1. The van der Waals surface area contributed by atoms with E-state index in [-0.39, 0.29) is 16.5 Å². The highest BCUT2D eigenvalue weighted by Crippen LogP contribution is 2.26. The Morgan fingerprint density at radius 2 is 1.94 bits per heavy atom. The number of thiophene rings is 1. The Morgan fingerprint density at radius 1 is 1.20 bits per heavy atom. The normalized spacial score (nSPS) is 16.0. The molecule has 0 aliphatic carbocycles. The van der Waals surface area contributed by atoms with Crippen molar-refractivity contribution >= 4 is 38.2 Å². The molecule has 2 N–H and O–H groups in total. The number of H-pyrrole nitrogens is 1. The van der Waals surface area contributed by atoms with Crippen molar-refractivity contribution in [3.05, 3.63) is 62.6 Å². The first-order chi connectivity index (χ1) is 16.8. The van der Waals surface area contributed by atoms with Gasteiger partial charge < -0.3 is 15.0 Å². The second-order valence-electron chi connectivity index (χ2n) is 8.23. The molecule has 9 nitrogen and oxygen atoms in total. The monoisotopic (exact) mass is 518 g/mol. The van der Waals surface area contributed by atoms with E-state index in [0.29, 0.717) is 43.8 Å². The Labute approximate surface area is 208 Å². The van der Waals surface area contributed by atoms with E-state index in [2.05, 4.69) is 15.2 Å². The van der Waals surface area contributed by atoms with E-state index in [1.807, 2.05) is 17.5 Å². The molecule has 1 fully saturated rings. The molecule has 1 aliphatic heterocycles. The standard InChI is InChI=1S/C24H30N4O5S2/c1-3-28(4-2)35(31,32)17-7-8-20-18(14-17)19(15-23(29)26-20)24(30)25-16-21(22-6-5-13-34-22)27-9-11-33-12-10-27/h5-8,13-15,21H,3-4,9-12,16H2,1-2H3,(H,25,30)(H,26,29)/t21-/m0/s1. The summed E-state index contributed by atoms with van der Waals surface area (Å²) < 4.78 is 32.9. The molecule has 0 radical (unpaired) electrons. The zero-order chi connectivity index (χ0) is 25.0. The van der Waals surface area contributed by atoms with E-state index < -0.39 is 21.5 Å². The van der Waals surface area contributed by atoms with Gasteiger partial charge in [0.25, 0.3) is 5.91 Å². The SMILES string of the molecule is CCN(CC)S(=O)(=O)c1ccc2[nH]c(=O)cc(C(=O)NC[C@@H](c3cccs3)N3CCOCC3)c2c1. The number of ether oxygens (including phenoxy) is 1. The summed E-state index contributed by atoms with van der Waals surface area (Å²) in [6.45, 7) is 7.37. The van der Waals surface area contributed by atoms with E-state index in [1.165, 1.54) is 28.6 Å². The summed E-state index contributed by atoms with van der Waals surface area (Å²) in [4.78, 5) is 31.8. The zero-order valence-electron chi connectivity index (χ0n) is 19.8. The van der Waals surface area contributed by atoms with Crippen molar-refractivity contribution < 1.29 is 17.9 Å². The summed E-state index contributed by atoms with van der Waals surface area (Å²) in [5.41, 5.74) is 0.126. The maximum Gasteiger partial charge on any atom is 0.252 e. The number of carbonyl (C=O) groups is 1. The van der Waals surface area contributed by atoms with Crippen LogP contribution in [0, 0.1) is 0 Å². The summed E-state index contributed by atoms with van der Waals surface area (Å²) in [5, 5.41) is 5.37. The van der Waals surface area contributed by atoms with E-state index >= 15 is 0 Å². The molecule has 11 heteroatoms. The first-order valence-electron chi connectivity index (χ1n) is 11.7. The molecule has 1 saturated heterocycles. The topological polar surface area (TPSA) is 112 Å². The predicted octanol–water partition coefficient (Wildman–Crippen LogP) is 2.42. The van der Waals surface area contributed by atoms with E-state index in [4.69, 9.17) is 4.74 Å². The van der Waals surface area contributed by atoms with Crippen LogP contribution in [0.3, 0.4) is 0 Å². The smallest absolute Gasteiger partial charge is 0.252 e. The molecule has 1 atom stereocenters. The van der Waals surface area contributed by atoms with Crippen LogP contribution in [0.25, 0.3) is 10.9 Å². The molecule has 3 heterocycles. The second-order valence-corrected chi connectivity index (χ2v) is 11.2. The van der Waals surface area contributed by atoms with Gasteiger partial charge in [0.2, 0.25) is 15.6 Å². The van der Waals surface area contributed by atoms with Crippen molar-refractivity contribution in [3.8, 4) is 0 Å². The average molecular weight is 519 g/mol.